The Balaban J connectivity index is 1.46. The Hall–Kier alpha value is -2.14. The number of amides is 1. The Morgan fingerprint density at radius 3 is 2.50 bits per heavy atom. The predicted molar refractivity (Wildman–Crippen MR) is 106 cm³/mol. The van der Waals surface area contributed by atoms with Gasteiger partial charge in [-0.05, 0) is 44.5 Å². The van der Waals surface area contributed by atoms with E-state index in [1.807, 2.05) is 11.0 Å². The summed E-state index contributed by atoms with van der Waals surface area (Å²) in [5.74, 6) is 0.292. The summed E-state index contributed by atoms with van der Waals surface area (Å²) in [5, 5.41) is 1.21. The zero-order chi connectivity index (χ0) is 17.9. The maximum Gasteiger partial charge on any atom is 0.236 e. The average Bonchev–Trinajstić information content (AvgIpc) is 3.20. The molecule has 1 aromatic carbocycles. The molecule has 1 amide bonds. The summed E-state index contributed by atoms with van der Waals surface area (Å²) >= 11 is 0. The minimum atomic E-state index is 0.292. The van der Waals surface area contributed by atoms with Gasteiger partial charge < -0.3 is 9.80 Å². The summed E-state index contributed by atoms with van der Waals surface area (Å²) in [6.07, 6.45) is 3.40. The van der Waals surface area contributed by atoms with E-state index in [-0.39, 0.29) is 0 Å². The monoisotopic (exact) mass is 352 g/mol. The minimum Gasteiger partial charge on any atom is -0.367 e. The molecule has 4 rings (SSSR count). The molecule has 2 saturated heterocycles. The zero-order valence-electron chi connectivity index (χ0n) is 15.7. The van der Waals surface area contributed by atoms with Crippen LogP contribution in [0.2, 0.25) is 0 Å². The van der Waals surface area contributed by atoms with Gasteiger partial charge in [0.1, 0.15) is 0 Å². The summed E-state index contributed by atoms with van der Waals surface area (Å²) in [7, 11) is 0. The third kappa shape index (κ3) is 3.54. The lowest BCUT2D eigenvalue weighted by Gasteiger charge is -2.37. The number of rotatable bonds is 4. The molecular weight excluding hydrogens is 324 g/mol. The average molecular weight is 352 g/mol. The number of carbonyl (C=O) groups excluding carboxylic acids is 1. The fourth-order valence-corrected chi connectivity index (χ4v) is 4.08. The van der Waals surface area contributed by atoms with Crippen molar-refractivity contribution < 1.29 is 4.79 Å². The fourth-order valence-electron chi connectivity index (χ4n) is 4.08. The van der Waals surface area contributed by atoms with Crippen LogP contribution < -0.4 is 4.90 Å². The third-order valence-electron chi connectivity index (χ3n) is 5.64. The number of likely N-dealkylation sites (tertiary alicyclic amines) is 1. The van der Waals surface area contributed by atoms with Crippen LogP contribution in [0.1, 0.15) is 25.5 Å². The van der Waals surface area contributed by atoms with Crippen LogP contribution in [0.4, 0.5) is 5.69 Å². The molecule has 2 aliphatic rings. The van der Waals surface area contributed by atoms with Gasteiger partial charge in [0.15, 0.2) is 0 Å². The second-order valence-corrected chi connectivity index (χ2v) is 7.35. The van der Waals surface area contributed by atoms with E-state index >= 15 is 0 Å². The van der Waals surface area contributed by atoms with E-state index in [0.29, 0.717) is 12.5 Å². The molecule has 2 fully saturated rings. The third-order valence-corrected chi connectivity index (χ3v) is 5.64. The van der Waals surface area contributed by atoms with Gasteiger partial charge in [0.25, 0.3) is 0 Å². The van der Waals surface area contributed by atoms with Crippen LogP contribution in [0.15, 0.2) is 30.3 Å². The van der Waals surface area contributed by atoms with Gasteiger partial charge in [0.05, 0.1) is 12.1 Å². The lowest BCUT2D eigenvalue weighted by atomic mass is 10.1. The fraction of sp³-hybridized carbons (Fsp3) is 0.524. The SMILES string of the molecule is CCc1cc(N2CCN(C(=O)CN3CCCC3)CC2)c2ccccc2n1. The first-order valence-corrected chi connectivity index (χ1v) is 9.88. The van der Waals surface area contributed by atoms with Crippen molar-refractivity contribution in [2.24, 2.45) is 0 Å². The first-order chi connectivity index (χ1) is 12.7. The molecule has 0 spiro atoms. The van der Waals surface area contributed by atoms with Gasteiger partial charge >= 0.3 is 0 Å². The molecule has 0 bridgehead atoms. The number of para-hydroxylation sites is 1. The number of aromatic nitrogens is 1. The van der Waals surface area contributed by atoms with Gasteiger partial charge in [-0.1, -0.05) is 25.1 Å². The summed E-state index contributed by atoms with van der Waals surface area (Å²) in [4.78, 5) is 24.1. The standard InChI is InChI=1S/C21H28N4O/c1-2-17-15-20(18-7-3-4-8-19(18)22-17)24-11-13-25(14-12-24)21(26)16-23-9-5-6-10-23/h3-4,7-8,15H,2,5-6,9-14,16H2,1H3. The largest absolute Gasteiger partial charge is 0.367 e. The van der Waals surface area contributed by atoms with Crippen molar-refractivity contribution in [1.82, 2.24) is 14.8 Å². The Morgan fingerprint density at radius 2 is 1.77 bits per heavy atom. The van der Waals surface area contributed by atoms with Gasteiger partial charge in [0, 0.05) is 42.9 Å². The van der Waals surface area contributed by atoms with E-state index in [9.17, 15) is 4.79 Å². The van der Waals surface area contributed by atoms with Crippen molar-refractivity contribution in [2.75, 3.05) is 50.7 Å². The van der Waals surface area contributed by atoms with Crippen molar-refractivity contribution in [2.45, 2.75) is 26.2 Å². The first kappa shape index (κ1) is 17.3. The van der Waals surface area contributed by atoms with Gasteiger partial charge in [0.2, 0.25) is 5.91 Å². The smallest absolute Gasteiger partial charge is 0.236 e. The number of carbonyl (C=O) groups is 1. The normalized spacial score (nSPS) is 18.7. The highest BCUT2D eigenvalue weighted by molar-refractivity contribution is 5.92. The van der Waals surface area contributed by atoms with E-state index in [1.54, 1.807) is 0 Å². The number of pyridine rings is 1. The van der Waals surface area contributed by atoms with E-state index < -0.39 is 0 Å². The van der Waals surface area contributed by atoms with Crippen LogP contribution in [-0.2, 0) is 11.2 Å². The van der Waals surface area contributed by atoms with Gasteiger partial charge in [-0.25, -0.2) is 0 Å². The molecule has 2 aliphatic heterocycles. The van der Waals surface area contributed by atoms with Crippen LogP contribution >= 0.6 is 0 Å². The second kappa shape index (κ2) is 7.62. The Bertz CT molecular complexity index is 777. The maximum absolute atomic E-state index is 12.6. The molecule has 0 saturated carbocycles. The first-order valence-electron chi connectivity index (χ1n) is 9.88. The number of hydrogen-bond donors (Lipinski definition) is 0. The van der Waals surface area contributed by atoms with Gasteiger partial charge in [-0.2, -0.15) is 0 Å². The van der Waals surface area contributed by atoms with E-state index in [4.69, 9.17) is 4.98 Å². The highest BCUT2D eigenvalue weighted by atomic mass is 16.2. The van der Waals surface area contributed by atoms with E-state index in [1.165, 1.54) is 23.9 Å². The molecule has 5 heteroatoms. The summed E-state index contributed by atoms with van der Waals surface area (Å²) in [6.45, 7) is 8.30. The number of piperazine rings is 1. The summed E-state index contributed by atoms with van der Waals surface area (Å²) in [6, 6.07) is 10.6. The molecule has 138 valence electrons. The Labute approximate surface area is 155 Å². The van der Waals surface area contributed by atoms with Crippen molar-refractivity contribution >= 4 is 22.5 Å². The van der Waals surface area contributed by atoms with Crippen LogP contribution in [0, 0.1) is 0 Å². The van der Waals surface area contributed by atoms with Crippen molar-refractivity contribution in [1.29, 1.82) is 0 Å². The zero-order valence-corrected chi connectivity index (χ0v) is 15.7. The maximum atomic E-state index is 12.6. The lowest BCUT2D eigenvalue weighted by molar-refractivity contribution is -0.132. The molecule has 5 nitrogen and oxygen atoms in total. The van der Waals surface area contributed by atoms with Crippen LogP contribution in [0.25, 0.3) is 10.9 Å². The molecular formula is C21H28N4O. The molecule has 1 aromatic heterocycles. The molecule has 0 aliphatic carbocycles. The Kier molecular flexibility index (Phi) is 5.07. The quantitative estimate of drug-likeness (QED) is 0.848. The summed E-state index contributed by atoms with van der Waals surface area (Å²) in [5.41, 5.74) is 3.46. The molecule has 0 unspecified atom stereocenters. The van der Waals surface area contributed by atoms with Crippen molar-refractivity contribution in [3.05, 3.63) is 36.0 Å². The molecule has 2 aromatic rings. The van der Waals surface area contributed by atoms with Crippen LogP contribution in [-0.4, -0.2) is 66.5 Å². The number of anilines is 1. The highest BCUT2D eigenvalue weighted by Gasteiger charge is 2.24. The lowest BCUT2D eigenvalue weighted by Crippen LogP contribution is -2.51. The van der Waals surface area contributed by atoms with Crippen LogP contribution in [0.5, 0.6) is 0 Å². The summed E-state index contributed by atoms with van der Waals surface area (Å²) < 4.78 is 0. The van der Waals surface area contributed by atoms with Crippen LogP contribution in [0.3, 0.4) is 0 Å². The topological polar surface area (TPSA) is 39.7 Å². The molecule has 0 atom stereocenters. The van der Waals surface area contributed by atoms with E-state index in [2.05, 4.69) is 41.0 Å². The van der Waals surface area contributed by atoms with E-state index in [0.717, 1.165) is 56.9 Å². The van der Waals surface area contributed by atoms with Gasteiger partial charge in [-0.15, -0.1) is 0 Å². The molecule has 0 N–H and O–H groups in total. The number of fused-ring (bicyclic) bond motifs is 1. The highest BCUT2D eigenvalue weighted by Crippen LogP contribution is 2.28. The number of hydrogen-bond acceptors (Lipinski definition) is 4. The molecule has 3 heterocycles. The number of aryl methyl sites for hydroxylation is 1. The molecule has 26 heavy (non-hydrogen) atoms. The van der Waals surface area contributed by atoms with Gasteiger partial charge in [-0.3, -0.25) is 14.7 Å². The molecule has 0 radical (unpaired) electrons. The second-order valence-electron chi connectivity index (χ2n) is 7.35. The minimum absolute atomic E-state index is 0.292. The number of nitrogens with zero attached hydrogens (tertiary/aromatic N) is 4. The Morgan fingerprint density at radius 1 is 1.04 bits per heavy atom. The van der Waals surface area contributed by atoms with Crippen molar-refractivity contribution in [3.63, 3.8) is 0 Å². The number of benzene rings is 1. The van der Waals surface area contributed by atoms with Crippen molar-refractivity contribution in [3.8, 4) is 0 Å². The predicted octanol–water partition coefficient (Wildman–Crippen LogP) is 2.54.